The zero-order chi connectivity index (χ0) is 16.0. The van der Waals surface area contributed by atoms with Crippen LogP contribution in [-0.2, 0) is 9.53 Å². The number of halogens is 1. The maximum absolute atomic E-state index is 11.5. The molecule has 8 heteroatoms. The van der Waals surface area contributed by atoms with Gasteiger partial charge in [0.05, 0.1) is 19.8 Å². The van der Waals surface area contributed by atoms with Crippen molar-refractivity contribution in [3.05, 3.63) is 0 Å². The Hall–Kier alpha value is -0.610. The molecule has 136 valence electrons. The van der Waals surface area contributed by atoms with Crippen molar-refractivity contribution < 1.29 is 9.53 Å². The van der Waals surface area contributed by atoms with Crippen LogP contribution in [0.1, 0.15) is 26.7 Å². The van der Waals surface area contributed by atoms with Gasteiger partial charge in [-0.25, -0.2) is 0 Å². The minimum atomic E-state index is 0. The monoisotopic (exact) mass is 441 g/mol. The van der Waals surface area contributed by atoms with Gasteiger partial charge in [0.1, 0.15) is 0 Å². The third-order valence-corrected chi connectivity index (χ3v) is 3.35. The summed E-state index contributed by atoms with van der Waals surface area (Å²) in [6.45, 7) is 11.5. The van der Waals surface area contributed by atoms with Crippen molar-refractivity contribution >= 4 is 35.8 Å². The summed E-state index contributed by atoms with van der Waals surface area (Å²) >= 11 is 0. The van der Waals surface area contributed by atoms with Crippen LogP contribution in [0.15, 0.2) is 4.99 Å². The van der Waals surface area contributed by atoms with Crippen molar-refractivity contribution in [3.63, 3.8) is 0 Å². The zero-order valence-corrected chi connectivity index (χ0v) is 16.7. The SMILES string of the molecule is CCCNC(=O)CCNC(=NCCN1CCOCC1)NCC.I. The molecule has 1 rings (SSSR count). The normalized spacial score (nSPS) is 15.7. The first-order valence-corrected chi connectivity index (χ1v) is 8.35. The van der Waals surface area contributed by atoms with Crippen molar-refractivity contribution in [2.24, 2.45) is 4.99 Å². The highest BCUT2D eigenvalue weighted by atomic mass is 127. The number of rotatable bonds is 9. The minimum absolute atomic E-state index is 0. The molecule has 1 amide bonds. The van der Waals surface area contributed by atoms with Crippen LogP contribution < -0.4 is 16.0 Å². The molecular formula is C15H32IN5O2. The van der Waals surface area contributed by atoms with E-state index in [1.807, 2.05) is 13.8 Å². The van der Waals surface area contributed by atoms with Crippen LogP contribution >= 0.6 is 24.0 Å². The van der Waals surface area contributed by atoms with E-state index in [-0.39, 0.29) is 29.9 Å². The number of nitrogens with zero attached hydrogens (tertiary/aromatic N) is 2. The first-order valence-electron chi connectivity index (χ1n) is 8.35. The molecule has 0 aromatic rings. The third-order valence-electron chi connectivity index (χ3n) is 3.35. The van der Waals surface area contributed by atoms with Crippen molar-refractivity contribution in [1.82, 2.24) is 20.9 Å². The Balaban J connectivity index is 0.00000484. The number of hydrogen-bond acceptors (Lipinski definition) is 4. The molecule has 7 nitrogen and oxygen atoms in total. The van der Waals surface area contributed by atoms with Gasteiger partial charge in [0.15, 0.2) is 5.96 Å². The van der Waals surface area contributed by atoms with E-state index in [4.69, 9.17) is 4.74 Å². The number of morpholine rings is 1. The fourth-order valence-corrected chi connectivity index (χ4v) is 2.12. The average molecular weight is 441 g/mol. The summed E-state index contributed by atoms with van der Waals surface area (Å²) < 4.78 is 5.33. The van der Waals surface area contributed by atoms with Crippen LogP contribution in [0.3, 0.4) is 0 Å². The second-order valence-electron chi connectivity index (χ2n) is 5.24. The molecule has 1 fully saturated rings. The van der Waals surface area contributed by atoms with Gasteiger partial charge in [-0.05, 0) is 13.3 Å². The van der Waals surface area contributed by atoms with E-state index >= 15 is 0 Å². The second kappa shape index (κ2) is 14.9. The van der Waals surface area contributed by atoms with E-state index in [0.717, 1.165) is 64.9 Å². The summed E-state index contributed by atoms with van der Waals surface area (Å²) in [6.07, 6.45) is 1.43. The molecule has 3 N–H and O–H groups in total. The molecule has 0 aliphatic carbocycles. The van der Waals surface area contributed by atoms with E-state index in [2.05, 4.69) is 25.8 Å². The molecule has 0 spiro atoms. The number of hydrogen-bond donors (Lipinski definition) is 3. The topological polar surface area (TPSA) is 78.0 Å². The third kappa shape index (κ3) is 11.5. The predicted octanol–water partition coefficient (Wildman–Crippen LogP) is 0.408. The Labute approximate surface area is 157 Å². The number of guanidine groups is 1. The van der Waals surface area contributed by atoms with Crippen LogP contribution in [0.4, 0.5) is 0 Å². The molecule has 1 aliphatic heterocycles. The number of carbonyl (C=O) groups is 1. The van der Waals surface area contributed by atoms with Crippen LogP contribution in [0.25, 0.3) is 0 Å². The molecule has 23 heavy (non-hydrogen) atoms. The van der Waals surface area contributed by atoms with Gasteiger partial charge in [-0.3, -0.25) is 14.7 Å². The Morgan fingerprint density at radius 1 is 1.13 bits per heavy atom. The highest BCUT2D eigenvalue weighted by molar-refractivity contribution is 14.0. The average Bonchev–Trinajstić information content (AvgIpc) is 2.54. The number of ether oxygens (including phenoxy) is 1. The number of aliphatic imine (C=N–C) groups is 1. The minimum Gasteiger partial charge on any atom is -0.379 e. The molecule has 0 aromatic carbocycles. The molecule has 1 aliphatic rings. The molecule has 0 saturated carbocycles. The first-order chi connectivity index (χ1) is 10.8. The summed E-state index contributed by atoms with van der Waals surface area (Å²) in [5.74, 6) is 0.859. The van der Waals surface area contributed by atoms with Crippen molar-refractivity contribution in [1.29, 1.82) is 0 Å². The summed E-state index contributed by atoms with van der Waals surface area (Å²) in [6, 6.07) is 0. The van der Waals surface area contributed by atoms with E-state index in [1.165, 1.54) is 0 Å². The Kier molecular flexibility index (Phi) is 14.6. The summed E-state index contributed by atoms with van der Waals surface area (Å²) in [5.41, 5.74) is 0. The highest BCUT2D eigenvalue weighted by Gasteiger charge is 2.09. The molecule has 1 saturated heterocycles. The van der Waals surface area contributed by atoms with Crippen LogP contribution in [0.5, 0.6) is 0 Å². The van der Waals surface area contributed by atoms with Gasteiger partial charge in [-0.1, -0.05) is 6.92 Å². The van der Waals surface area contributed by atoms with E-state index in [0.29, 0.717) is 13.0 Å². The number of amides is 1. The lowest BCUT2D eigenvalue weighted by Gasteiger charge is -2.25. The van der Waals surface area contributed by atoms with Gasteiger partial charge < -0.3 is 20.7 Å². The van der Waals surface area contributed by atoms with Gasteiger partial charge in [0.25, 0.3) is 0 Å². The standard InChI is InChI=1S/C15H31N5O2.HI/c1-3-6-17-14(21)5-7-18-15(16-4-2)19-8-9-20-10-12-22-13-11-20;/h3-13H2,1-2H3,(H,17,21)(H2,16,18,19);1H. The van der Waals surface area contributed by atoms with Gasteiger partial charge in [0.2, 0.25) is 5.91 Å². The van der Waals surface area contributed by atoms with Gasteiger partial charge in [-0.15, -0.1) is 24.0 Å². The van der Waals surface area contributed by atoms with Gasteiger partial charge in [-0.2, -0.15) is 0 Å². The maximum atomic E-state index is 11.5. The molecule has 1 heterocycles. The zero-order valence-electron chi connectivity index (χ0n) is 14.4. The molecule has 0 unspecified atom stereocenters. The summed E-state index contributed by atoms with van der Waals surface area (Å²) in [5, 5.41) is 9.27. The molecule has 0 aromatic heterocycles. The van der Waals surface area contributed by atoms with E-state index < -0.39 is 0 Å². The first kappa shape index (κ1) is 22.4. The molecule has 0 atom stereocenters. The van der Waals surface area contributed by atoms with Gasteiger partial charge in [0, 0.05) is 45.7 Å². The van der Waals surface area contributed by atoms with Crippen molar-refractivity contribution in [2.75, 3.05) is 59.0 Å². The Morgan fingerprint density at radius 3 is 2.52 bits per heavy atom. The largest absolute Gasteiger partial charge is 0.379 e. The predicted molar refractivity (Wildman–Crippen MR) is 105 cm³/mol. The van der Waals surface area contributed by atoms with Crippen LogP contribution in [-0.4, -0.2) is 75.8 Å². The van der Waals surface area contributed by atoms with Crippen molar-refractivity contribution in [3.8, 4) is 0 Å². The molecule has 0 radical (unpaired) electrons. The smallest absolute Gasteiger partial charge is 0.221 e. The van der Waals surface area contributed by atoms with Crippen molar-refractivity contribution in [2.45, 2.75) is 26.7 Å². The number of carbonyl (C=O) groups excluding carboxylic acids is 1. The highest BCUT2D eigenvalue weighted by Crippen LogP contribution is 1.95. The van der Waals surface area contributed by atoms with E-state index in [1.54, 1.807) is 0 Å². The lowest BCUT2D eigenvalue weighted by Crippen LogP contribution is -2.41. The second-order valence-corrected chi connectivity index (χ2v) is 5.24. The molecular weight excluding hydrogens is 409 g/mol. The summed E-state index contributed by atoms with van der Waals surface area (Å²) in [7, 11) is 0. The quantitative estimate of drug-likeness (QED) is 0.275. The van der Waals surface area contributed by atoms with Crippen LogP contribution in [0.2, 0.25) is 0 Å². The maximum Gasteiger partial charge on any atom is 0.221 e. The Morgan fingerprint density at radius 2 is 1.87 bits per heavy atom. The lowest BCUT2D eigenvalue weighted by atomic mass is 10.4. The summed E-state index contributed by atoms with van der Waals surface area (Å²) in [4.78, 5) is 18.4. The van der Waals surface area contributed by atoms with E-state index in [9.17, 15) is 4.79 Å². The fourth-order valence-electron chi connectivity index (χ4n) is 2.12. The lowest BCUT2D eigenvalue weighted by molar-refractivity contribution is -0.120. The van der Waals surface area contributed by atoms with Gasteiger partial charge >= 0.3 is 0 Å². The van der Waals surface area contributed by atoms with Crippen LogP contribution in [0, 0.1) is 0 Å². The fraction of sp³-hybridized carbons (Fsp3) is 0.867. The molecule has 0 bridgehead atoms. The Bertz CT molecular complexity index is 336. The number of nitrogens with one attached hydrogen (secondary N) is 3.